The molecule has 0 unspecified atom stereocenters. The third-order valence-corrected chi connectivity index (χ3v) is 7.09. The molecule has 6 nitrogen and oxygen atoms in total. The molecular weight excluding hydrogens is 414 g/mol. The number of hydrogen-bond donors (Lipinski definition) is 0. The van der Waals surface area contributed by atoms with Gasteiger partial charge in [-0.3, -0.25) is 9.69 Å². The molecule has 0 radical (unpaired) electrons. The molecule has 0 aliphatic heterocycles. The van der Waals surface area contributed by atoms with E-state index < -0.39 is 0 Å². The number of benzene rings is 1. The molecule has 2 aromatic heterocycles. The SMILES string of the molecule is C=CCn1c(SCc2csc(N(C(C)=O)c3cccc(C)c3C)n2)nnc1C1CC1. The first kappa shape index (κ1) is 20.8. The maximum Gasteiger partial charge on any atom is 0.230 e. The third kappa shape index (κ3) is 4.20. The first-order valence-electron chi connectivity index (χ1n) is 9.97. The number of anilines is 2. The quantitative estimate of drug-likeness (QED) is 0.348. The van der Waals surface area contributed by atoms with Gasteiger partial charge in [0.2, 0.25) is 5.91 Å². The van der Waals surface area contributed by atoms with Crippen LogP contribution in [0.4, 0.5) is 10.8 Å². The fourth-order valence-electron chi connectivity index (χ4n) is 3.34. The van der Waals surface area contributed by atoms with Crippen molar-refractivity contribution in [3.05, 3.63) is 58.9 Å². The van der Waals surface area contributed by atoms with Gasteiger partial charge in [-0.1, -0.05) is 30.0 Å². The molecule has 1 fully saturated rings. The lowest BCUT2D eigenvalue weighted by atomic mass is 10.1. The standard InChI is InChI=1S/C22H25N5OS2/c1-5-11-26-20(17-9-10-17)24-25-22(26)30-13-18-12-29-21(23-18)27(16(4)28)19-8-6-7-14(2)15(19)3/h5-8,12,17H,1,9-11,13H2,2-4H3. The number of aromatic nitrogens is 4. The molecule has 0 bridgehead atoms. The van der Waals surface area contributed by atoms with Crippen LogP contribution in [0.25, 0.3) is 0 Å². The van der Waals surface area contributed by atoms with Gasteiger partial charge in [0.05, 0.1) is 11.4 Å². The maximum absolute atomic E-state index is 12.4. The first-order chi connectivity index (χ1) is 14.5. The van der Waals surface area contributed by atoms with E-state index in [0.717, 1.165) is 33.5 Å². The van der Waals surface area contributed by atoms with E-state index in [1.165, 1.54) is 24.2 Å². The molecule has 0 spiro atoms. The second-order valence-electron chi connectivity index (χ2n) is 7.50. The second kappa shape index (κ2) is 8.73. The minimum Gasteiger partial charge on any atom is -0.302 e. The normalized spacial score (nSPS) is 13.4. The van der Waals surface area contributed by atoms with E-state index in [1.54, 1.807) is 23.6 Å². The minimum atomic E-state index is -0.0444. The Labute approximate surface area is 185 Å². The first-order valence-corrected chi connectivity index (χ1v) is 11.8. The molecule has 1 aliphatic carbocycles. The average Bonchev–Trinajstić information content (AvgIpc) is 3.32. The van der Waals surface area contributed by atoms with Crippen molar-refractivity contribution in [1.29, 1.82) is 0 Å². The van der Waals surface area contributed by atoms with Crippen LogP contribution in [0.2, 0.25) is 0 Å². The molecule has 1 aromatic carbocycles. The van der Waals surface area contributed by atoms with Crippen molar-refractivity contribution in [2.24, 2.45) is 0 Å². The van der Waals surface area contributed by atoms with Gasteiger partial charge in [0, 0.05) is 30.5 Å². The highest BCUT2D eigenvalue weighted by molar-refractivity contribution is 7.98. The van der Waals surface area contributed by atoms with Gasteiger partial charge in [0.15, 0.2) is 10.3 Å². The van der Waals surface area contributed by atoms with Gasteiger partial charge in [-0.15, -0.1) is 28.1 Å². The van der Waals surface area contributed by atoms with Crippen LogP contribution in [0.15, 0.2) is 41.4 Å². The van der Waals surface area contributed by atoms with Gasteiger partial charge in [-0.25, -0.2) is 4.98 Å². The Bertz CT molecular complexity index is 1080. The zero-order valence-corrected chi connectivity index (χ0v) is 19.1. The van der Waals surface area contributed by atoms with E-state index in [9.17, 15) is 4.79 Å². The van der Waals surface area contributed by atoms with Crippen molar-refractivity contribution in [2.45, 2.75) is 57.0 Å². The number of aryl methyl sites for hydroxylation is 1. The molecule has 1 saturated carbocycles. The summed E-state index contributed by atoms with van der Waals surface area (Å²) in [5.41, 5.74) is 4.05. The van der Waals surface area contributed by atoms with Gasteiger partial charge in [0.1, 0.15) is 5.82 Å². The predicted octanol–water partition coefficient (Wildman–Crippen LogP) is 5.39. The lowest BCUT2D eigenvalue weighted by Crippen LogP contribution is -2.23. The highest BCUT2D eigenvalue weighted by Crippen LogP contribution is 2.40. The predicted molar refractivity (Wildman–Crippen MR) is 123 cm³/mol. The number of nitrogens with zero attached hydrogens (tertiary/aromatic N) is 5. The number of hydrogen-bond acceptors (Lipinski definition) is 6. The molecule has 1 amide bonds. The summed E-state index contributed by atoms with van der Waals surface area (Å²) >= 11 is 3.11. The number of carbonyl (C=O) groups excluding carboxylic acids is 1. The van der Waals surface area contributed by atoms with Crippen LogP contribution in [-0.4, -0.2) is 25.7 Å². The number of thioether (sulfide) groups is 1. The van der Waals surface area contributed by atoms with Gasteiger partial charge in [-0.05, 0) is 43.9 Å². The summed E-state index contributed by atoms with van der Waals surface area (Å²) in [6.45, 7) is 10.2. The Kier molecular flexibility index (Phi) is 6.06. The van der Waals surface area contributed by atoms with Crippen molar-refractivity contribution >= 4 is 39.8 Å². The summed E-state index contributed by atoms with van der Waals surface area (Å²) in [7, 11) is 0. The Hall–Kier alpha value is -2.45. The third-order valence-electron chi connectivity index (χ3n) is 5.21. The van der Waals surface area contributed by atoms with E-state index in [1.807, 2.05) is 30.5 Å². The van der Waals surface area contributed by atoms with Crippen molar-refractivity contribution < 1.29 is 4.79 Å². The smallest absolute Gasteiger partial charge is 0.230 e. The molecule has 0 saturated heterocycles. The summed E-state index contributed by atoms with van der Waals surface area (Å²) in [4.78, 5) is 18.9. The van der Waals surface area contributed by atoms with E-state index in [0.29, 0.717) is 23.3 Å². The Balaban J connectivity index is 1.53. The fourth-order valence-corrected chi connectivity index (χ4v) is 5.17. The lowest BCUT2D eigenvalue weighted by Gasteiger charge is -2.21. The zero-order valence-electron chi connectivity index (χ0n) is 17.5. The van der Waals surface area contributed by atoms with Gasteiger partial charge in [0.25, 0.3) is 0 Å². The summed E-state index contributed by atoms with van der Waals surface area (Å²) < 4.78 is 2.15. The van der Waals surface area contributed by atoms with Crippen LogP contribution < -0.4 is 4.90 Å². The van der Waals surface area contributed by atoms with E-state index in [2.05, 4.69) is 34.3 Å². The van der Waals surface area contributed by atoms with Gasteiger partial charge in [-0.2, -0.15) is 0 Å². The van der Waals surface area contributed by atoms with Crippen molar-refractivity contribution in [3.63, 3.8) is 0 Å². The van der Waals surface area contributed by atoms with E-state index in [-0.39, 0.29) is 5.91 Å². The second-order valence-corrected chi connectivity index (χ2v) is 9.28. The van der Waals surface area contributed by atoms with Gasteiger partial charge >= 0.3 is 0 Å². The summed E-state index contributed by atoms with van der Waals surface area (Å²) in [6, 6.07) is 5.99. The van der Waals surface area contributed by atoms with Crippen LogP contribution in [0, 0.1) is 13.8 Å². The molecule has 156 valence electrons. The maximum atomic E-state index is 12.4. The van der Waals surface area contributed by atoms with Crippen LogP contribution in [0.5, 0.6) is 0 Å². The molecule has 30 heavy (non-hydrogen) atoms. The number of allylic oxidation sites excluding steroid dienone is 1. The molecule has 1 aliphatic rings. The Morgan fingerprint density at radius 3 is 2.87 bits per heavy atom. The average molecular weight is 440 g/mol. The minimum absolute atomic E-state index is 0.0444. The Morgan fingerprint density at radius 2 is 2.17 bits per heavy atom. The summed E-state index contributed by atoms with van der Waals surface area (Å²) in [6.07, 6.45) is 4.26. The zero-order chi connectivity index (χ0) is 21.3. The van der Waals surface area contributed by atoms with Crippen molar-refractivity contribution in [2.75, 3.05) is 4.90 Å². The number of amides is 1. The van der Waals surface area contributed by atoms with Crippen LogP contribution in [-0.2, 0) is 17.1 Å². The van der Waals surface area contributed by atoms with Crippen molar-refractivity contribution in [1.82, 2.24) is 19.7 Å². The number of carbonyl (C=O) groups is 1. The van der Waals surface area contributed by atoms with Gasteiger partial charge < -0.3 is 4.57 Å². The summed E-state index contributed by atoms with van der Waals surface area (Å²) in [5.74, 6) is 2.24. The van der Waals surface area contributed by atoms with E-state index >= 15 is 0 Å². The molecule has 0 N–H and O–H groups in total. The highest BCUT2D eigenvalue weighted by Gasteiger charge is 2.30. The summed E-state index contributed by atoms with van der Waals surface area (Å²) in [5, 5.41) is 12.4. The Morgan fingerprint density at radius 1 is 1.37 bits per heavy atom. The monoisotopic (exact) mass is 439 g/mol. The topological polar surface area (TPSA) is 63.9 Å². The molecule has 0 atom stereocenters. The number of rotatable bonds is 8. The highest BCUT2D eigenvalue weighted by atomic mass is 32.2. The largest absolute Gasteiger partial charge is 0.302 e. The molecule has 8 heteroatoms. The lowest BCUT2D eigenvalue weighted by molar-refractivity contribution is -0.115. The van der Waals surface area contributed by atoms with Crippen molar-refractivity contribution in [3.8, 4) is 0 Å². The molecule has 2 heterocycles. The molecule has 3 aromatic rings. The van der Waals surface area contributed by atoms with Crippen LogP contribution >= 0.6 is 23.1 Å². The molecular formula is C22H25N5OS2. The fraction of sp³-hybridized carbons (Fsp3) is 0.364. The molecule has 4 rings (SSSR count). The number of thiazole rings is 1. The van der Waals surface area contributed by atoms with E-state index in [4.69, 9.17) is 4.98 Å². The van der Waals surface area contributed by atoms with Crippen LogP contribution in [0.1, 0.15) is 48.3 Å². The van der Waals surface area contributed by atoms with Crippen LogP contribution in [0.3, 0.4) is 0 Å².